The lowest BCUT2D eigenvalue weighted by Crippen LogP contribution is -2.08. The zero-order valence-electron chi connectivity index (χ0n) is 11.4. The Bertz CT molecular complexity index is 573. The number of nitrogens with two attached hydrogens (primary N) is 1. The van der Waals surface area contributed by atoms with Gasteiger partial charge in [-0.1, -0.05) is 36.7 Å². The van der Waals surface area contributed by atoms with Crippen molar-refractivity contribution in [3.05, 3.63) is 40.9 Å². The van der Waals surface area contributed by atoms with Gasteiger partial charge in [0, 0.05) is 24.2 Å². The SMILES string of the molecule is CCCNc1cc(NCc2ccccc2Cl)nc(N)n1. The van der Waals surface area contributed by atoms with Crippen molar-refractivity contribution in [2.75, 3.05) is 22.9 Å². The summed E-state index contributed by atoms with van der Waals surface area (Å²) in [6.07, 6.45) is 1.02. The third kappa shape index (κ3) is 3.99. The summed E-state index contributed by atoms with van der Waals surface area (Å²) < 4.78 is 0. The predicted molar refractivity (Wildman–Crippen MR) is 84.0 cm³/mol. The summed E-state index contributed by atoms with van der Waals surface area (Å²) >= 11 is 6.11. The van der Waals surface area contributed by atoms with Crippen LogP contribution in [-0.2, 0) is 6.54 Å². The molecule has 4 N–H and O–H groups in total. The molecule has 2 aromatic rings. The average Bonchev–Trinajstić information content (AvgIpc) is 2.44. The number of hydrogen-bond acceptors (Lipinski definition) is 5. The first-order valence-electron chi connectivity index (χ1n) is 6.54. The molecule has 1 aromatic heterocycles. The van der Waals surface area contributed by atoms with Gasteiger partial charge in [-0.3, -0.25) is 0 Å². The van der Waals surface area contributed by atoms with Crippen molar-refractivity contribution in [2.24, 2.45) is 0 Å². The molecule has 0 atom stereocenters. The molecule has 0 unspecified atom stereocenters. The van der Waals surface area contributed by atoms with Crippen molar-refractivity contribution in [3.8, 4) is 0 Å². The predicted octanol–water partition coefficient (Wildman–Crippen LogP) is 3.15. The molecule has 2 rings (SSSR count). The van der Waals surface area contributed by atoms with Crippen LogP contribution < -0.4 is 16.4 Å². The van der Waals surface area contributed by atoms with Crippen molar-refractivity contribution >= 4 is 29.2 Å². The van der Waals surface area contributed by atoms with Gasteiger partial charge in [0.05, 0.1) is 0 Å². The van der Waals surface area contributed by atoms with Crippen molar-refractivity contribution in [3.63, 3.8) is 0 Å². The zero-order chi connectivity index (χ0) is 14.4. The van der Waals surface area contributed by atoms with Gasteiger partial charge in [-0.05, 0) is 18.1 Å². The lowest BCUT2D eigenvalue weighted by molar-refractivity contribution is 0.965. The van der Waals surface area contributed by atoms with Crippen LogP contribution in [0.4, 0.5) is 17.6 Å². The molecule has 0 saturated heterocycles. The first-order valence-corrected chi connectivity index (χ1v) is 6.92. The second-order valence-corrected chi connectivity index (χ2v) is 4.78. The molecule has 106 valence electrons. The van der Waals surface area contributed by atoms with E-state index < -0.39 is 0 Å². The Hall–Kier alpha value is -2.01. The first kappa shape index (κ1) is 14.4. The van der Waals surface area contributed by atoms with E-state index in [-0.39, 0.29) is 5.95 Å². The molecule has 0 saturated carbocycles. The van der Waals surface area contributed by atoms with Crippen LogP contribution in [-0.4, -0.2) is 16.5 Å². The van der Waals surface area contributed by atoms with E-state index in [1.54, 1.807) is 0 Å². The highest BCUT2D eigenvalue weighted by molar-refractivity contribution is 6.31. The van der Waals surface area contributed by atoms with Gasteiger partial charge in [0.25, 0.3) is 0 Å². The van der Waals surface area contributed by atoms with Crippen LogP contribution in [0.5, 0.6) is 0 Å². The topological polar surface area (TPSA) is 75.9 Å². The molecule has 0 bridgehead atoms. The molecule has 0 aliphatic rings. The fraction of sp³-hybridized carbons (Fsp3) is 0.286. The van der Waals surface area contributed by atoms with E-state index in [4.69, 9.17) is 17.3 Å². The van der Waals surface area contributed by atoms with Crippen LogP contribution in [0, 0.1) is 0 Å². The number of anilines is 3. The van der Waals surface area contributed by atoms with E-state index in [1.807, 2.05) is 30.3 Å². The van der Waals surface area contributed by atoms with E-state index in [2.05, 4.69) is 27.5 Å². The van der Waals surface area contributed by atoms with E-state index in [0.29, 0.717) is 12.4 Å². The molecular formula is C14H18ClN5. The van der Waals surface area contributed by atoms with Gasteiger partial charge in [-0.15, -0.1) is 0 Å². The smallest absolute Gasteiger partial charge is 0.223 e. The van der Waals surface area contributed by atoms with Crippen molar-refractivity contribution in [1.29, 1.82) is 0 Å². The minimum Gasteiger partial charge on any atom is -0.370 e. The summed E-state index contributed by atoms with van der Waals surface area (Å²) in [4.78, 5) is 8.29. The van der Waals surface area contributed by atoms with Crippen LogP contribution in [0.15, 0.2) is 30.3 Å². The van der Waals surface area contributed by atoms with Crippen LogP contribution in [0.3, 0.4) is 0 Å². The third-order valence-corrected chi connectivity index (χ3v) is 3.09. The van der Waals surface area contributed by atoms with Gasteiger partial charge in [0.1, 0.15) is 11.6 Å². The lowest BCUT2D eigenvalue weighted by atomic mass is 10.2. The number of hydrogen-bond donors (Lipinski definition) is 3. The van der Waals surface area contributed by atoms with Crippen LogP contribution >= 0.6 is 11.6 Å². The van der Waals surface area contributed by atoms with Gasteiger partial charge in [-0.2, -0.15) is 9.97 Å². The first-order chi connectivity index (χ1) is 9.69. The molecule has 0 amide bonds. The molecule has 1 heterocycles. The van der Waals surface area contributed by atoms with Gasteiger partial charge in [-0.25, -0.2) is 0 Å². The minimum absolute atomic E-state index is 0.243. The largest absolute Gasteiger partial charge is 0.370 e. The molecule has 0 spiro atoms. The van der Waals surface area contributed by atoms with Gasteiger partial charge in [0.2, 0.25) is 5.95 Å². The van der Waals surface area contributed by atoms with E-state index >= 15 is 0 Å². The maximum absolute atomic E-state index is 6.11. The Balaban J connectivity index is 2.05. The maximum Gasteiger partial charge on any atom is 0.223 e. The number of halogens is 1. The maximum atomic E-state index is 6.11. The van der Waals surface area contributed by atoms with E-state index in [9.17, 15) is 0 Å². The van der Waals surface area contributed by atoms with Gasteiger partial charge < -0.3 is 16.4 Å². The summed E-state index contributed by atoms with van der Waals surface area (Å²) in [5, 5.41) is 7.12. The Labute approximate surface area is 123 Å². The van der Waals surface area contributed by atoms with Gasteiger partial charge >= 0.3 is 0 Å². The second kappa shape index (κ2) is 6.96. The van der Waals surface area contributed by atoms with Crippen molar-refractivity contribution in [1.82, 2.24) is 9.97 Å². The minimum atomic E-state index is 0.243. The second-order valence-electron chi connectivity index (χ2n) is 4.37. The van der Waals surface area contributed by atoms with Crippen LogP contribution in [0.2, 0.25) is 5.02 Å². The third-order valence-electron chi connectivity index (χ3n) is 2.72. The molecule has 0 aliphatic heterocycles. The number of aromatic nitrogens is 2. The Kier molecular flexibility index (Phi) is 5.01. The highest BCUT2D eigenvalue weighted by Gasteiger charge is 2.03. The number of benzene rings is 1. The summed E-state index contributed by atoms with van der Waals surface area (Å²) in [6.45, 7) is 3.53. The highest BCUT2D eigenvalue weighted by Crippen LogP contribution is 2.18. The Morgan fingerprint density at radius 2 is 1.85 bits per heavy atom. The van der Waals surface area contributed by atoms with Gasteiger partial charge in [0.15, 0.2) is 0 Å². The van der Waals surface area contributed by atoms with Crippen LogP contribution in [0.1, 0.15) is 18.9 Å². The Morgan fingerprint density at radius 3 is 2.55 bits per heavy atom. The molecule has 0 aliphatic carbocycles. The molecule has 6 heteroatoms. The summed E-state index contributed by atoms with van der Waals surface area (Å²) in [7, 11) is 0. The number of nitrogen functional groups attached to an aromatic ring is 1. The highest BCUT2D eigenvalue weighted by atomic mass is 35.5. The Morgan fingerprint density at radius 1 is 1.15 bits per heavy atom. The average molecular weight is 292 g/mol. The fourth-order valence-electron chi connectivity index (χ4n) is 1.73. The lowest BCUT2D eigenvalue weighted by Gasteiger charge is -2.10. The normalized spacial score (nSPS) is 10.3. The molecule has 0 radical (unpaired) electrons. The van der Waals surface area contributed by atoms with E-state index in [1.165, 1.54) is 0 Å². The summed E-state index contributed by atoms with van der Waals surface area (Å²) in [5.74, 6) is 1.64. The number of rotatable bonds is 6. The van der Waals surface area contributed by atoms with Crippen molar-refractivity contribution < 1.29 is 0 Å². The monoisotopic (exact) mass is 291 g/mol. The van der Waals surface area contributed by atoms with Crippen LogP contribution in [0.25, 0.3) is 0 Å². The molecule has 0 fully saturated rings. The summed E-state index contributed by atoms with van der Waals surface area (Å²) in [5.41, 5.74) is 6.71. The zero-order valence-corrected chi connectivity index (χ0v) is 12.1. The van der Waals surface area contributed by atoms with Crippen molar-refractivity contribution in [2.45, 2.75) is 19.9 Å². The molecule has 20 heavy (non-hydrogen) atoms. The molecular weight excluding hydrogens is 274 g/mol. The standard InChI is InChI=1S/C14H18ClN5/c1-2-7-17-12-8-13(20-14(16)19-12)18-9-10-5-3-4-6-11(10)15/h3-6,8H,2,7,9H2,1H3,(H4,16,17,18,19,20). The number of nitrogens with one attached hydrogen (secondary N) is 2. The number of nitrogens with zero attached hydrogens (tertiary/aromatic N) is 2. The van der Waals surface area contributed by atoms with E-state index in [0.717, 1.165) is 29.4 Å². The molecule has 1 aromatic carbocycles. The quantitative estimate of drug-likeness (QED) is 0.762. The summed E-state index contributed by atoms with van der Waals surface area (Å²) in [6, 6.07) is 9.52. The fourth-order valence-corrected chi connectivity index (χ4v) is 1.93. The molecule has 5 nitrogen and oxygen atoms in total.